The third-order valence-electron chi connectivity index (χ3n) is 1.16. The fourth-order valence-electron chi connectivity index (χ4n) is 0.724. The van der Waals surface area contributed by atoms with E-state index in [1.54, 1.807) is 6.92 Å². The Hall–Kier alpha value is 0.246. The number of ether oxygens (including phenoxy) is 1. The van der Waals surface area contributed by atoms with Crippen molar-refractivity contribution in [2.75, 3.05) is 6.61 Å². The molecular formula is C8H13MgO2+. The molecule has 0 spiro atoms. The van der Waals surface area contributed by atoms with Gasteiger partial charge in [0.05, 0.1) is 0 Å². The molecule has 1 fully saturated rings. The summed E-state index contributed by atoms with van der Waals surface area (Å²) >= 11 is 0. The van der Waals surface area contributed by atoms with Gasteiger partial charge in [0.1, 0.15) is 0 Å². The first kappa shape index (κ1) is 13.8. The van der Waals surface area contributed by atoms with E-state index in [4.69, 9.17) is 16.3 Å². The van der Waals surface area contributed by atoms with Gasteiger partial charge in [-0.25, -0.2) is 0 Å². The molecule has 0 aromatic heterocycles. The number of aliphatic hydroxyl groups is 1. The van der Waals surface area contributed by atoms with Gasteiger partial charge in [0.2, 0.25) is 0 Å². The average Bonchev–Trinajstić information content (AvgIpc) is 1.91. The molecule has 0 amide bonds. The summed E-state index contributed by atoms with van der Waals surface area (Å²) in [6, 6.07) is 0. The Kier molecular flexibility index (Phi) is 12.9. The fourth-order valence-corrected chi connectivity index (χ4v) is 0.724. The minimum Gasteiger partial charge on any atom is -0.694 e. The molecular weight excluding hydrogens is 152 g/mol. The van der Waals surface area contributed by atoms with Gasteiger partial charge in [0, 0.05) is 6.61 Å². The molecule has 0 aromatic rings. The molecule has 1 rings (SSSR count). The first-order chi connectivity index (χ1) is 4.81. The van der Waals surface area contributed by atoms with Gasteiger partial charge in [0.15, 0.2) is 6.29 Å². The van der Waals surface area contributed by atoms with Crippen LogP contribution < -0.4 is 0 Å². The van der Waals surface area contributed by atoms with Crippen molar-refractivity contribution in [3.8, 4) is 5.92 Å². The molecule has 0 saturated carbocycles. The molecule has 1 N–H and O–H groups in total. The van der Waals surface area contributed by atoms with Crippen molar-refractivity contribution in [3.63, 3.8) is 0 Å². The first-order valence-corrected chi connectivity index (χ1v) is 3.44. The summed E-state index contributed by atoms with van der Waals surface area (Å²) in [4.78, 5) is 0. The first-order valence-electron chi connectivity index (χ1n) is 3.44. The van der Waals surface area contributed by atoms with Crippen molar-refractivity contribution in [1.82, 2.24) is 0 Å². The van der Waals surface area contributed by atoms with Gasteiger partial charge < -0.3 is 22.2 Å². The van der Waals surface area contributed by atoms with Gasteiger partial charge in [-0.2, -0.15) is 0 Å². The molecule has 1 aliphatic rings. The molecule has 1 aliphatic heterocycles. The fraction of sp³-hybridized carbons (Fsp3) is 0.750. The second-order valence-corrected chi connectivity index (χ2v) is 2.07. The van der Waals surface area contributed by atoms with E-state index in [2.05, 4.69) is 0 Å². The third kappa shape index (κ3) is 10.2. The molecule has 1 atom stereocenters. The van der Waals surface area contributed by atoms with Crippen LogP contribution in [-0.4, -0.2) is 41.1 Å². The van der Waals surface area contributed by atoms with E-state index in [-0.39, 0.29) is 23.1 Å². The largest absolute Gasteiger partial charge is 2.00 e. The molecule has 0 bridgehead atoms. The topological polar surface area (TPSA) is 29.5 Å². The van der Waals surface area contributed by atoms with Crippen molar-refractivity contribution in [1.29, 1.82) is 0 Å². The van der Waals surface area contributed by atoms with Crippen LogP contribution in [0.3, 0.4) is 0 Å². The molecule has 58 valence electrons. The van der Waals surface area contributed by atoms with Crippen LogP contribution in [0.4, 0.5) is 0 Å². The van der Waals surface area contributed by atoms with Gasteiger partial charge in [0.25, 0.3) is 0 Å². The Bertz CT molecular complexity index is 103. The summed E-state index contributed by atoms with van der Waals surface area (Å²) in [6.07, 6.45) is 8.53. The van der Waals surface area contributed by atoms with Crippen molar-refractivity contribution < 1.29 is 9.84 Å². The summed E-state index contributed by atoms with van der Waals surface area (Å²) in [5, 5.41) is 8.69. The van der Waals surface area contributed by atoms with Crippen LogP contribution in [0.2, 0.25) is 0 Å². The predicted octanol–water partition coefficient (Wildman–Crippen LogP) is 0.721. The summed E-state index contributed by atoms with van der Waals surface area (Å²) < 4.78 is 4.83. The van der Waals surface area contributed by atoms with E-state index >= 15 is 0 Å². The number of rotatable bonds is 0. The zero-order valence-electron chi connectivity index (χ0n) is 6.97. The maximum atomic E-state index is 8.69. The van der Waals surface area contributed by atoms with Crippen LogP contribution in [0.25, 0.3) is 0 Å². The summed E-state index contributed by atoms with van der Waals surface area (Å²) in [5.74, 6) is 2.00. The minimum atomic E-state index is -0.464. The molecule has 1 saturated heterocycles. The van der Waals surface area contributed by atoms with Crippen molar-refractivity contribution in [2.24, 2.45) is 0 Å². The van der Waals surface area contributed by atoms with E-state index in [1.165, 1.54) is 0 Å². The molecule has 2 nitrogen and oxygen atoms in total. The number of hydrogen-bond acceptors (Lipinski definition) is 2. The molecule has 0 aromatic carbocycles. The van der Waals surface area contributed by atoms with E-state index < -0.39 is 6.29 Å². The summed E-state index contributed by atoms with van der Waals surface area (Å²) in [6.45, 7) is 2.28. The van der Waals surface area contributed by atoms with Gasteiger partial charge in [-0.15, -0.1) is 0 Å². The maximum absolute atomic E-state index is 8.69. The Morgan fingerprint density at radius 2 is 2.09 bits per heavy atom. The zero-order chi connectivity index (χ0) is 7.82. The molecule has 1 heterocycles. The standard InChI is InChI=1S/C5H10O2.C3H3.Mg/c6-5-3-1-2-4-7-5;1-3-2;/h5-6H,1-4H2;1H3;/q;-1;+2. The van der Waals surface area contributed by atoms with Crippen molar-refractivity contribution in [2.45, 2.75) is 32.5 Å². The van der Waals surface area contributed by atoms with Crippen LogP contribution in [-0.2, 0) is 4.74 Å². The van der Waals surface area contributed by atoms with E-state index in [1.807, 2.05) is 5.92 Å². The van der Waals surface area contributed by atoms with Crippen molar-refractivity contribution >= 4 is 23.1 Å². The van der Waals surface area contributed by atoms with Crippen LogP contribution in [0.5, 0.6) is 0 Å². The Balaban J connectivity index is 0. The summed E-state index contributed by atoms with van der Waals surface area (Å²) in [7, 11) is 0. The zero-order valence-corrected chi connectivity index (χ0v) is 8.38. The van der Waals surface area contributed by atoms with Gasteiger partial charge in [-0.05, 0) is 26.2 Å². The summed E-state index contributed by atoms with van der Waals surface area (Å²) in [5.41, 5.74) is 0. The van der Waals surface area contributed by atoms with Gasteiger partial charge in [-0.3, -0.25) is 0 Å². The number of hydrogen-bond donors (Lipinski definition) is 1. The molecule has 0 radical (unpaired) electrons. The van der Waals surface area contributed by atoms with E-state index in [0.29, 0.717) is 0 Å². The Morgan fingerprint density at radius 3 is 2.27 bits per heavy atom. The Morgan fingerprint density at radius 1 is 1.55 bits per heavy atom. The van der Waals surface area contributed by atoms with Crippen molar-refractivity contribution in [3.05, 3.63) is 6.42 Å². The molecule has 11 heavy (non-hydrogen) atoms. The normalized spacial score (nSPS) is 21.7. The van der Waals surface area contributed by atoms with Crippen LogP contribution >= 0.6 is 0 Å². The Labute approximate surface area is 84.5 Å². The second kappa shape index (κ2) is 10.2. The second-order valence-electron chi connectivity index (χ2n) is 2.07. The maximum Gasteiger partial charge on any atom is 2.00 e. The van der Waals surface area contributed by atoms with E-state index in [0.717, 1.165) is 25.9 Å². The molecule has 3 heteroatoms. The van der Waals surface area contributed by atoms with Gasteiger partial charge >= 0.3 is 23.1 Å². The average molecular weight is 165 g/mol. The quantitative estimate of drug-likeness (QED) is 0.326. The van der Waals surface area contributed by atoms with Crippen LogP contribution in [0, 0.1) is 12.3 Å². The molecule has 1 unspecified atom stereocenters. The van der Waals surface area contributed by atoms with Crippen LogP contribution in [0.1, 0.15) is 26.2 Å². The monoisotopic (exact) mass is 165 g/mol. The predicted molar refractivity (Wildman–Crippen MR) is 44.4 cm³/mol. The van der Waals surface area contributed by atoms with Crippen LogP contribution in [0.15, 0.2) is 0 Å². The van der Waals surface area contributed by atoms with E-state index in [9.17, 15) is 0 Å². The molecule has 0 aliphatic carbocycles. The SMILES string of the molecule is OC1CCCCO1.[C-]#CC.[Mg+2]. The smallest absolute Gasteiger partial charge is 0.694 e. The minimum absolute atomic E-state index is 0. The third-order valence-corrected chi connectivity index (χ3v) is 1.16. The number of aliphatic hydroxyl groups excluding tert-OH is 1. The van der Waals surface area contributed by atoms with Gasteiger partial charge in [-0.1, -0.05) is 0 Å².